The summed E-state index contributed by atoms with van der Waals surface area (Å²) in [4.78, 5) is 4.12. The third-order valence-corrected chi connectivity index (χ3v) is 1.02. The molecule has 0 fully saturated rings. The fraction of sp³-hybridized carbons (Fsp3) is 0.333. The number of hydrogen-bond acceptors (Lipinski definition) is 2. The molecule has 0 amide bonds. The molecule has 0 aromatic heterocycles. The predicted molar refractivity (Wildman–Crippen MR) is 28.6 cm³/mol. The van der Waals surface area contributed by atoms with E-state index in [1.807, 2.05) is 0 Å². The van der Waals surface area contributed by atoms with Gasteiger partial charge in [-0.1, -0.05) is 0 Å². The van der Waals surface area contributed by atoms with Gasteiger partial charge in [-0.25, -0.2) is 9.20 Å². The second-order valence-electron chi connectivity index (χ2n) is 1.05. The molecular weight excluding hydrogens is 112 g/mol. The lowest BCUT2D eigenvalue weighted by atomic mass is 10.7. The highest BCUT2D eigenvalue weighted by Gasteiger charge is 1.97. The van der Waals surface area contributed by atoms with Crippen molar-refractivity contribution in [2.75, 3.05) is 6.54 Å². The Morgan fingerprint density at radius 3 is 3.14 bits per heavy atom. The molecule has 1 rings (SSSR count). The Bertz CT molecular complexity index is 147. The third-order valence-electron chi connectivity index (χ3n) is 0.595. The summed E-state index contributed by atoms with van der Waals surface area (Å²) >= 11 is 0.407. The molecule has 4 heteroatoms. The second-order valence-corrected chi connectivity index (χ2v) is 1.69. The predicted octanol–water partition coefficient (Wildman–Crippen LogP) is -1.16. The zero-order valence-electron chi connectivity index (χ0n) is 3.47. The van der Waals surface area contributed by atoms with Gasteiger partial charge in [-0.2, -0.15) is 0 Å². The van der Waals surface area contributed by atoms with Crippen molar-refractivity contribution in [3.05, 3.63) is 0 Å². The Morgan fingerprint density at radius 1 is 2.00 bits per heavy atom. The maximum atomic E-state index is 9.84. The van der Waals surface area contributed by atoms with Gasteiger partial charge in [-0.05, 0) is 0 Å². The van der Waals surface area contributed by atoms with Gasteiger partial charge < -0.3 is 5.32 Å². The first-order valence-corrected chi connectivity index (χ1v) is 2.52. The molecule has 0 bridgehead atoms. The number of nitrogens with one attached hydrogen (secondary N) is 1. The minimum atomic E-state index is 0.407. The first-order valence-electron chi connectivity index (χ1n) is 1.78. The molecule has 0 atom stereocenters. The molecule has 0 spiro atoms. The minimum absolute atomic E-state index is 0.407. The first kappa shape index (κ1) is 4.52. The molecule has 1 heterocycles. The van der Waals surface area contributed by atoms with Crippen LogP contribution in [-0.4, -0.2) is 22.1 Å². The van der Waals surface area contributed by atoms with Gasteiger partial charge >= 0.3 is 0 Å². The topological polar surface area (TPSA) is 41.5 Å². The number of rotatable bonds is 0. The van der Waals surface area contributed by atoms with Gasteiger partial charge in [0.15, 0.2) is 11.3 Å². The standard InChI is InChI=1S/C3H3N2OS/c6-7-3-1-4-2-5-3/h1H2,(H,4,5). The molecule has 0 unspecified atom stereocenters. The summed E-state index contributed by atoms with van der Waals surface area (Å²) < 4.78 is 9.84. The molecule has 1 N–H and O–H groups in total. The Balaban J connectivity index is 2.77. The Hall–Kier alpha value is -0.640. The Labute approximate surface area is 44.5 Å². The summed E-state index contributed by atoms with van der Waals surface area (Å²) in [5.41, 5.74) is 0. The van der Waals surface area contributed by atoms with E-state index in [4.69, 9.17) is 0 Å². The second kappa shape index (κ2) is 1.88. The van der Waals surface area contributed by atoms with Gasteiger partial charge in [0.1, 0.15) is 11.3 Å². The molecule has 37 valence electrons. The van der Waals surface area contributed by atoms with Crippen LogP contribution in [0.15, 0.2) is 4.99 Å². The summed E-state index contributed by atoms with van der Waals surface area (Å²) in [6.45, 7) is 0.550. The van der Waals surface area contributed by atoms with Crippen molar-refractivity contribution >= 4 is 22.6 Å². The van der Waals surface area contributed by atoms with E-state index in [1.54, 1.807) is 0 Å². The molecule has 0 saturated carbocycles. The molecule has 3 nitrogen and oxygen atoms in total. The van der Waals surface area contributed by atoms with E-state index in [2.05, 4.69) is 16.6 Å². The number of aliphatic imine (C=N–C) groups is 1. The number of hydrogen-bond donors (Lipinski definition) is 1. The van der Waals surface area contributed by atoms with Gasteiger partial charge in [-0.15, -0.1) is 0 Å². The summed E-state index contributed by atoms with van der Waals surface area (Å²) in [6, 6.07) is 0. The van der Waals surface area contributed by atoms with E-state index in [-0.39, 0.29) is 0 Å². The molecule has 0 aromatic carbocycles. The van der Waals surface area contributed by atoms with Crippen molar-refractivity contribution in [1.82, 2.24) is 5.32 Å². The van der Waals surface area contributed by atoms with Gasteiger partial charge in [0.25, 0.3) is 0 Å². The lowest BCUT2D eigenvalue weighted by Gasteiger charge is -1.77. The summed E-state index contributed by atoms with van der Waals surface area (Å²) in [5.74, 6) is 0. The molecular formula is C3H3N2OS. The van der Waals surface area contributed by atoms with Gasteiger partial charge in [0.2, 0.25) is 0 Å². The molecule has 1 aliphatic heterocycles. The van der Waals surface area contributed by atoms with Crippen LogP contribution in [0.4, 0.5) is 0 Å². The summed E-state index contributed by atoms with van der Waals surface area (Å²) in [7, 11) is 0. The maximum Gasteiger partial charge on any atom is 0.170 e. The molecule has 7 heavy (non-hydrogen) atoms. The molecule has 0 aromatic rings. The normalized spacial score (nSPS) is 16.9. The van der Waals surface area contributed by atoms with Crippen LogP contribution in [0.5, 0.6) is 0 Å². The molecule has 1 radical (unpaired) electrons. The summed E-state index contributed by atoms with van der Waals surface area (Å²) in [6.07, 6.45) is 2.44. The van der Waals surface area contributed by atoms with E-state index < -0.39 is 0 Å². The SMILES string of the molecule is O=S=C1CN[C]=N1. The molecule has 1 aliphatic rings. The molecule has 0 saturated heterocycles. The number of nitrogens with zero attached hydrogens (tertiary/aromatic N) is 1. The van der Waals surface area contributed by atoms with Crippen molar-refractivity contribution in [1.29, 1.82) is 0 Å². The highest BCUT2D eigenvalue weighted by molar-refractivity contribution is 7.66. The lowest BCUT2D eigenvalue weighted by molar-refractivity contribution is 0.700. The fourth-order valence-electron chi connectivity index (χ4n) is 0.305. The van der Waals surface area contributed by atoms with Crippen molar-refractivity contribution < 1.29 is 4.21 Å². The van der Waals surface area contributed by atoms with Crippen LogP contribution < -0.4 is 5.32 Å². The monoisotopic (exact) mass is 115 g/mol. The first-order chi connectivity index (χ1) is 3.43. The van der Waals surface area contributed by atoms with Crippen LogP contribution in [0.1, 0.15) is 0 Å². The van der Waals surface area contributed by atoms with Crippen molar-refractivity contribution in [3.63, 3.8) is 0 Å². The van der Waals surface area contributed by atoms with Crippen molar-refractivity contribution in [3.8, 4) is 0 Å². The van der Waals surface area contributed by atoms with Crippen molar-refractivity contribution in [2.45, 2.75) is 0 Å². The van der Waals surface area contributed by atoms with Crippen LogP contribution in [0, 0.1) is 0 Å². The van der Waals surface area contributed by atoms with E-state index >= 15 is 0 Å². The fourth-order valence-corrected chi connectivity index (χ4v) is 0.519. The summed E-state index contributed by atoms with van der Waals surface area (Å²) in [5, 5.41) is 2.65. The zero-order valence-corrected chi connectivity index (χ0v) is 4.29. The zero-order chi connectivity index (χ0) is 5.11. The van der Waals surface area contributed by atoms with Crippen LogP contribution in [0.2, 0.25) is 0 Å². The average Bonchev–Trinajstić information content (AvgIpc) is 2.14. The van der Waals surface area contributed by atoms with Crippen LogP contribution in [-0.2, 0) is 11.3 Å². The minimum Gasteiger partial charge on any atom is -0.360 e. The highest BCUT2D eigenvalue weighted by atomic mass is 32.1. The third kappa shape index (κ3) is 0.866. The highest BCUT2D eigenvalue weighted by Crippen LogP contribution is 1.76. The molecule has 0 aliphatic carbocycles. The van der Waals surface area contributed by atoms with Gasteiger partial charge in [0.05, 0.1) is 6.54 Å². The maximum absolute atomic E-state index is 9.84. The van der Waals surface area contributed by atoms with Crippen LogP contribution >= 0.6 is 0 Å². The van der Waals surface area contributed by atoms with E-state index in [0.29, 0.717) is 22.8 Å². The van der Waals surface area contributed by atoms with E-state index in [0.717, 1.165) is 0 Å². The van der Waals surface area contributed by atoms with Crippen molar-refractivity contribution in [2.24, 2.45) is 4.99 Å². The average molecular weight is 115 g/mol. The Morgan fingerprint density at radius 2 is 2.86 bits per heavy atom. The quantitative estimate of drug-likeness (QED) is 0.404. The Kier molecular flexibility index (Phi) is 1.21. The smallest absolute Gasteiger partial charge is 0.170 e. The largest absolute Gasteiger partial charge is 0.360 e. The van der Waals surface area contributed by atoms with E-state index in [1.165, 1.54) is 0 Å². The van der Waals surface area contributed by atoms with E-state index in [9.17, 15) is 4.21 Å². The van der Waals surface area contributed by atoms with Crippen LogP contribution in [0.25, 0.3) is 0 Å². The van der Waals surface area contributed by atoms with Gasteiger partial charge in [0, 0.05) is 0 Å². The lowest BCUT2D eigenvalue weighted by Crippen LogP contribution is -2.09. The van der Waals surface area contributed by atoms with Gasteiger partial charge in [-0.3, -0.25) is 0 Å². The van der Waals surface area contributed by atoms with Crippen LogP contribution in [0.3, 0.4) is 0 Å².